The predicted molar refractivity (Wildman–Crippen MR) is 79.5 cm³/mol. The van der Waals surface area contributed by atoms with Gasteiger partial charge in [0.2, 0.25) is 0 Å². The molecule has 0 radical (unpaired) electrons. The van der Waals surface area contributed by atoms with Crippen LogP contribution >= 0.6 is 11.6 Å². The maximum atomic E-state index is 12.4. The van der Waals surface area contributed by atoms with Gasteiger partial charge in [0, 0.05) is 25.4 Å². The lowest BCUT2D eigenvalue weighted by Crippen LogP contribution is -2.27. The average Bonchev–Trinajstić information content (AvgIpc) is 2.49. The fourth-order valence-electron chi connectivity index (χ4n) is 1.74. The smallest absolute Gasteiger partial charge is 0.271 e. The Morgan fingerprint density at radius 1 is 1.48 bits per heavy atom. The monoisotopic (exact) mass is 306 g/mol. The normalized spacial score (nSPS) is 10.2. The van der Waals surface area contributed by atoms with Crippen LogP contribution in [0.2, 0.25) is 5.02 Å². The van der Waals surface area contributed by atoms with Gasteiger partial charge in [-0.3, -0.25) is 19.9 Å². The van der Waals surface area contributed by atoms with Gasteiger partial charge in [-0.25, -0.2) is 0 Å². The second kappa shape index (κ2) is 5.76. The number of rotatable bonds is 3. The minimum atomic E-state index is -0.633. The highest BCUT2D eigenvalue weighted by Crippen LogP contribution is 2.30. The number of amides is 1. The first-order valence-electron chi connectivity index (χ1n) is 5.83. The number of carbonyl (C=O) groups excluding carboxylic acids is 1. The zero-order valence-electron chi connectivity index (χ0n) is 11.0. The number of hydrogen-bond donors (Lipinski definition) is 1. The molecule has 7 nitrogen and oxygen atoms in total. The fourth-order valence-corrected chi connectivity index (χ4v) is 1.95. The molecule has 1 amide bonds. The van der Waals surface area contributed by atoms with E-state index in [4.69, 9.17) is 17.3 Å². The lowest BCUT2D eigenvalue weighted by Gasteiger charge is -2.18. The molecule has 108 valence electrons. The Balaban J connectivity index is 2.46. The summed E-state index contributed by atoms with van der Waals surface area (Å²) < 4.78 is 0. The number of nitro benzene ring substituents is 1. The van der Waals surface area contributed by atoms with Gasteiger partial charge in [-0.2, -0.15) is 0 Å². The van der Waals surface area contributed by atoms with Gasteiger partial charge in [0.05, 0.1) is 33.1 Å². The van der Waals surface area contributed by atoms with Crippen LogP contribution in [0.4, 0.5) is 17.1 Å². The van der Waals surface area contributed by atoms with E-state index in [1.807, 2.05) is 0 Å². The minimum absolute atomic E-state index is 0.00278. The maximum Gasteiger partial charge on any atom is 0.271 e. The van der Waals surface area contributed by atoms with Gasteiger partial charge in [0.25, 0.3) is 11.6 Å². The van der Waals surface area contributed by atoms with E-state index in [-0.39, 0.29) is 22.0 Å². The predicted octanol–water partition coefficient (Wildman–Crippen LogP) is 2.50. The number of nitrogen functional groups attached to an aromatic ring is 1. The van der Waals surface area contributed by atoms with Crippen molar-refractivity contribution in [2.75, 3.05) is 17.7 Å². The summed E-state index contributed by atoms with van der Waals surface area (Å²) in [5.74, 6) is -0.508. The van der Waals surface area contributed by atoms with Crippen molar-refractivity contribution in [2.45, 2.75) is 0 Å². The number of anilines is 2. The van der Waals surface area contributed by atoms with E-state index in [1.165, 1.54) is 18.1 Å². The molecule has 8 heteroatoms. The molecule has 0 unspecified atom stereocenters. The molecule has 0 atom stereocenters. The molecule has 1 aromatic heterocycles. The topological polar surface area (TPSA) is 102 Å². The molecular weight excluding hydrogens is 296 g/mol. The van der Waals surface area contributed by atoms with Crippen molar-refractivity contribution >= 4 is 34.6 Å². The number of nitro groups is 1. The van der Waals surface area contributed by atoms with Crippen molar-refractivity contribution in [3.8, 4) is 0 Å². The Bertz CT molecular complexity index is 706. The van der Waals surface area contributed by atoms with Gasteiger partial charge in [0.1, 0.15) is 0 Å². The average molecular weight is 307 g/mol. The number of benzene rings is 1. The van der Waals surface area contributed by atoms with E-state index in [9.17, 15) is 14.9 Å². The van der Waals surface area contributed by atoms with Crippen LogP contribution in [0.15, 0.2) is 36.7 Å². The van der Waals surface area contributed by atoms with Gasteiger partial charge in [-0.1, -0.05) is 11.6 Å². The van der Waals surface area contributed by atoms with Crippen molar-refractivity contribution < 1.29 is 9.72 Å². The van der Waals surface area contributed by atoms with Gasteiger partial charge < -0.3 is 10.6 Å². The van der Waals surface area contributed by atoms with Crippen molar-refractivity contribution in [3.05, 3.63) is 57.4 Å². The van der Waals surface area contributed by atoms with Crippen molar-refractivity contribution in [1.82, 2.24) is 4.98 Å². The Labute approximate surface area is 125 Å². The standard InChI is InChI=1S/C13H11ClN4O3/c1-17(8-3-2-4-16-7-8)13(19)10-5-9(18(20)21)6-11(14)12(10)15/h2-7H,15H2,1H3. The summed E-state index contributed by atoms with van der Waals surface area (Å²) in [4.78, 5) is 27.8. The number of carbonyl (C=O) groups is 1. The Morgan fingerprint density at radius 3 is 2.76 bits per heavy atom. The van der Waals surface area contributed by atoms with Gasteiger partial charge in [-0.05, 0) is 12.1 Å². The number of nitrogens with two attached hydrogens (primary N) is 1. The summed E-state index contributed by atoms with van der Waals surface area (Å²) >= 11 is 5.85. The summed E-state index contributed by atoms with van der Waals surface area (Å²) in [6.45, 7) is 0. The number of aromatic nitrogens is 1. The van der Waals surface area contributed by atoms with Crippen LogP contribution in [0.1, 0.15) is 10.4 Å². The summed E-state index contributed by atoms with van der Waals surface area (Å²) in [6.07, 6.45) is 3.06. The van der Waals surface area contributed by atoms with E-state index in [0.717, 1.165) is 12.1 Å². The molecule has 0 saturated heterocycles. The highest BCUT2D eigenvalue weighted by atomic mass is 35.5. The molecule has 21 heavy (non-hydrogen) atoms. The highest BCUT2D eigenvalue weighted by molar-refractivity contribution is 6.34. The van der Waals surface area contributed by atoms with Gasteiger partial charge in [-0.15, -0.1) is 0 Å². The van der Waals surface area contributed by atoms with Crippen LogP contribution in [-0.2, 0) is 0 Å². The Hall–Kier alpha value is -2.67. The molecule has 2 rings (SSSR count). The van der Waals surface area contributed by atoms with Crippen molar-refractivity contribution in [1.29, 1.82) is 0 Å². The van der Waals surface area contributed by atoms with Crippen LogP contribution in [0.3, 0.4) is 0 Å². The Morgan fingerprint density at radius 2 is 2.19 bits per heavy atom. The van der Waals surface area contributed by atoms with E-state index < -0.39 is 10.8 Å². The molecule has 2 aromatic rings. The van der Waals surface area contributed by atoms with E-state index in [1.54, 1.807) is 18.3 Å². The first-order chi connectivity index (χ1) is 9.91. The quantitative estimate of drug-likeness (QED) is 0.533. The first-order valence-corrected chi connectivity index (χ1v) is 6.21. The molecule has 0 saturated carbocycles. The SMILES string of the molecule is CN(C(=O)c1cc([N+](=O)[O-])cc(Cl)c1N)c1cccnc1. The lowest BCUT2D eigenvalue weighted by atomic mass is 10.1. The minimum Gasteiger partial charge on any atom is -0.397 e. The number of non-ortho nitro benzene ring substituents is 1. The lowest BCUT2D eigenvalue weighted by molar-refractivity contribution is -0.384. The fraction of sp³-hybridized carbons (Fsp3) is 0.0769. The Kier molecular flexibility index (Phi) is 4.04. The zero-order chi connectivity index (χ0) is 15.6. The number of hydrogen-bond acceptors (Lipinski definition) is 5. The molecule has 1 heterocycles. The van der Waals surface area contributed by atoms with E-state index in [2.05, 4.69) is 4.98 Å². The van der Waals surface area contributed by atoms with Crippen LogP contribution in [0, 0.1) is 10.1 Å². The summed E-state index contributed by atoms with van der Waals surface area (Å²) in [6, 6.07) is 5.57. The third-order valence-electron chi connectivity index (χ3n) is 2.89. The van der Waals surface area contributed by atoms with E-state index >= 15 is 0 Å². The zero-order valence-corrected chi connectivity index (χ0v) is 11.7. The molecule has 0 spiro atoms. The molecular formula is C13H11ClN4O3. The van der Waals surface area contributed by atoms with Crippen LogP contribution in [0.25, 0.3) is 0 Å². The largest absolute Gasteiger partial charge is 0.397 e. The van der Waals surface area contributed by atoms with E-state index in [0.29, 0.717) is 5.69 Å². The first kappa shape index (κ1) is 14.7. The third-order valence-corrected chi connectivity index (χ3v) is 3.21. The number of nitrogens with zero attached hydrogens (tertiary/aromatic N) is 3. The number of halogens is 1. The maximum absolute atomic E-state index is 12.4. The van der Waals surface area contributed by atoms with Crippen LogP contribution in [-0.4, -0.2) is 22.9 Å². The summed E-state index contributed by atoms with van der Waals surface area (Å²) in [7, 11) is 1.52. The van der Waals surface area contributed by atoms with Crippen molar-refractivity contribution in [3.63, 3.8) is 0 Å². The molecule has 1 aromatic carbocycles. The summed E-state index contributed by atoms with van der Waals surface area (Å²) in [5, 5.41) is 10.8. The molecule has 2 N–H and O–H groups in total. The third kappa shape index (κ3) is 2.92. The molecule has 0 fully saturated rings. The second-order valence-corrected chi connectivity index (χ2v) is 4.63. The highest BCUT2D eigenvalue weighted by Gasteiger charge is 2.22. The van der Waals surface area contributed by atoms with Crippen LogP contribution in [0.5, 0.6) is 0 Å². The summed E-state index contributed by atoms with van der Waals surface area (Å²) in [5.41, 5.74) is 5.96. The molecule has 0 aliphatic rings. The molecule has 0 bridgehead atoms. The van der Waals surface area contributed by atoms with Gasteiger partial charge >= 0.3 is 0 Å². The van der Waals surface area contributed by atoms with Crippen molar-refractivity contribution in [2.24, 2.45) is 0 Å². The van der Waals surface area contributed by atoms with Crippen LogP contribution < -0.4 is 10.6 Å². The second-order valence-electron chi connectivity index (χ2n) is 4.22. The van der Waals surface area contributed by atoms with Gasteiger partial charge in [0.15, 0.2) is 0 Å². The molecule has 0 aliphatic carbocycles. The number of pyridine rings is 1. The molecule has 0 aliphatic heterocycles.